The van der Waals surface area contributed by atoms with Crippen LogP contribution >= 0.6 is 11.3 Å². The van der Waals surface area contributed by atoms with Gasteiger partial charge in [0.2, 0.25) is 5.95 Å². The SMILES string of the molecule is CCOC(=O)c1cnc(N2CCCC(c3nc(C)cs3)C2)nc1C. The van der Waals surface area contributed by atoms with Crippen LogP contribution in [0.3, 0.4) is 0 Å². The molecular weight excluding hydrogens is 324 g/mol. The first-order chi connectivity index (χ1) is 11.6. The molecule has 2 aromatic heterocycles. The van der Waals surface area contributed by atoms with E-state index in [9.17, 15) is 4.79 Å². The van der Waals surface area contributed by atoms with Gasteiger partial charge in [-0.1, -0.05) is 0 Å². The standard InChI is InChI=1S/C17H22N4O2S/c1-4-23-16(22)14-8-18-17(20-12(14)3)21-7-5-6-13(9-21)15-19-11(2)10-24-15/h8,10,13H,4-7,9H2,1-3H3. The van der Waals surface area contributed by atoms with Crippen molar-refractivity contribution in [3.05, 3.63) is 33.5 Å². The van der Waals surface area contributed by atoms with Crippen molar-refractivity contribution < 1.29 is 9.53 Å². The maximum absolute atomic E-state index is 11.9. The van der Waals surface area contributed by atoms with Crippen LogP contribution in [0.5, 0.6) is 0 Å². The Kier molecular flexibility index (Phi) is 5.08. The minimum Gasteiger partial charge on any atom is -0.462 e. The van der Waals surface area contributed by atoms with Crippen molar-refractivity contribution in [1.82, 2.24) is 15.0 Å². The normalized spacial score (nSPS) is 17.8. The molecule has 2 aromatic rings. The van der Waals surface area contributed by atoms with Gasteiger partial charge in [-0.3, -0.25) is 0 Å². The summed E-state index contributed by atoms with van der Waals surface area (Å²) in [7, 11) is 0. The number of rotatable bonds is 4. The second-order valence-electron chi connectivity index (χ2n) is 6.00. The fourth-order valence-electron chi connectivity index (χ4n) is 2.94. The van der Waals surface area contributed by atoms with Gasteiger partial charge in [0, 0.05) is 36.3 Å². The molecule has 7 heteroatoms. The summed E-state index contributed by atoms with van der Waals surface area (Å²) in [5, 5.41) is 3.29. The quantitative estimate of drug-likeness (QED) is 0.793. The first kappa shape index (κ1) is 16.8. The maximum Gasteiger partial charge on any atom is 0.341 e. The van der Waals surface area contributed by atoms with E-state index in [-0.39, 0.29) is 5.97 Å². The van der Waals surface area contributed by atoms with Crippen molar-refractivity contribution in [2.45, 2.75) is 39.5 Å². The number of thiazole rings is 1. The van der Waals surface area contributed by atoms with E-state index in [2.05, 4.69) is 25.2 Å². The zero-order chi connectivity index (χ0) is 17.1. The van der Waals surface area contributed by atoms with Crippen LogP contribution in [0, 0.1) is 13.8 Å². The van der Waals surface area contributed by atoms with Crippen LogP contribution in [0.4, 0.5) is 5.95 Å². The number of piperidine rings is 1. The lowest BCUT2D eigenvalue weighted by atomic mass is 9.99. The minimum atomic E-state index is -0.365. The van der Waals surface area contributed by atoms with Gasteiger partial charge in [-0.05, 0) is 33.6 Å². The molecule has 0 aliphatic carbocycles. The number of esters is 1. The summed E-state index contributed by atoms with van der Waals surface area (Å²) in [6, 6.07) is 0. The van der Waals surface area contributed by atoms with E-state index in [1.54, 1.807) is 24.5 Å². The molecule has 0 radical (unpaired) electrons. The number of aromatic nitrogens is 3. The van der Waals surface area contributed by atoms with Gasteiger partial charge in [0.05, 0.1) is 22.9 Å². The molecule has 1 atom stereocenters. The number of hydrogen-bond donors (Lipinski definition) is 0. The summed E-state index contributed by atoms with van der Waals surface area (Å²) >= 11 is 1.73. The summed E-state index contributed by atoms with van der Waals surface area (Å²) in [4.78, 5) is 27.6. The number of carbonyl (C=O) groups excluding carboxylic acids is 1. The predicted molar refractivity (Wildman–Crippen MR) is 93.8 cm³/mol. The van der Waals surface area contributed by atoms with Gasteiger partial charge < -0.3 is 9.64 Å². The first-order valence-corrected chi connectivity index (χ1v) is 9.14. The molecule has 0 N–H and O–H groups in total. The third-order valence-electron chi connectivity index (χ3n) is 4.15. The summed E-state index contributed by atoms with van der Waals surface area (Å²) in [6.45, 7) is 7.78. The van der Waals surface area contributed by atoms with Gasteiger partial charge in [0.1, 0.15) is 0 Å². The number of carbonyl (C=O) groups is 1. The molecule has 24 heavy (non-hydrogen) atoms. The lowest BCUT2D eigenvalue weighted by molar-refractivity contribution is 0.0524. The number of hydrogen-bond acceptors (Lipinski definition) is 7. The molecule has 1 aliphatic rings. The van der Waals surface area contributed by atoms with Crippen LogP contribution in [-0.2, 0) is 4.74 Å². The molecule has 0 aromatic carbocycles. The second kappa shape index (κ2) is 7.25. The number of ether oxygens (including phenoxy) is 1. The maximum atomic E-state index is 11.9. The smallest absolute Gasteiger partial charge is 0.341 e. The third kappa shape index (κ3) is 3.56. The monoisotopic (exact) mass is 346 g/mol. The molecule has 1 unspecified atom stereocenters. The van der Waals surface area contributed by atoms with Crippen LogP contribution in [0.15, 0.2) is 11.6 Å². The predicted octanol–water partition coefficient (Wildman–Crippen LogP) is 3.11. The summed E-state index contributed by atoms with van der Waals surface area (Å²) < 4.78 is 5.03. The molecule has 0 spiro atoms. The number of nitrogens with zero attached hydrogens (tertiary/aromatic N) is 4. The highest BCUT2D eigenvalue weighted by atomic mass is 32.1. The minimum absolute atomic E-state index is 0.348. The fourth-order valence-corrected chi connectivity index (χ4v) is 3.86. The molecule has 6 nitrogen and oxygen atoms in total. The Bertz CT molecular complexity index is 731. The zero-order valence-electron chi connectivity index (χ0n) is 14.3. The van der Waals surface area contributed by atoms with Crippen LogP contribution in [0.25, 0.3) is 0 Å². The Balaban J connectivity index is 1.76. The van der Waals surface area contributed by atoms with Crippen molar-refractivity contribution in [3.8, 4) is 0 Å². The van der Waals surface area contributed by atoms with Crippen molar-refractivity contribution in [2.24, 2.45) is 0 Å². The largest absolute Gasteiger partial charge is 0.462 e. The average Bonchev–Trinajstić information content (AvgIpc) is 3.01. The van der Waals surface area contributed by atoms with Gasteiger partial charge in [0.25, 0.3) is 0 Å². The Labute approximate surface area is 145 Å². The molecule has 1 aliphatic heterocycles. The summed E-state index contributed by atoms with van der Waals surface area (Å²) in [6.07, 6.45) is 3.81. The molecular formula is C17H22N4O2S. The Hall–Kier alpha value is -2.02. The van der Waals surface area contributed by atoms with E-state index in [4.69, 9.17) is 4.74 Å². The van der Waals surface area contributed by atoms with E-state index in [0.717, 1.165) is 31.6 Å². The summed E-state index contributed by atoms with van der Waals surface area (Å²) in [5.41, 5.74) is 2.17. The van der Waals surface area contributed by atoms with Gasteiger partial charge in [-0.15, -0.1) is 11.3 Å². The molecule has 1 fully saturated rings. The van der Waals surface area contributed by atoms with E-state index in [1.807, 2.05) is 13.8 Å². The van der Waals surface area contributed by atoms with Crippen LogP contribution in [0.2, 0.25) is 0 Å². The highest BCUT2D eigenvalue weighted by Gasteiger charge is 2.25. The van der Waals surface area contributed by atoms with Gasteiger partial charge >= 0.3 is 5.97 Å². The second-order valence-corrected chi connectivity index (χ2v) is 6.89. The van der Waals surface area contributed by atoms with Gasteiger partial charge in [-0.25, -0.2) is 19.7 Å². The molecule has 0 amide bonds. The molecule has 128 valence electrons. The molecule has 0 bridgehead atoms. The van der Waals surface area contributed by atoms with Gasteiger partial charge in [-0.2, -0.15) is 0 Å². The van der Waals surface area contributed by atoms with Crippen LogP contribution < -0.4 is 4.90 Å². The lowest BCUT2D eigenvalue weighted by Gasteiger charge is -2.32. The Morgan fingerprint density at radius 3 is 2.92 bits per heavy atom. The van der Waals surface area contributed by atoms with Crippen molar-refractivity contribution >= 4 is 23.3 Å². The van der Waals surface area contributed by atoms with Gasteiger partial charge in [0.15, 0.2) is 0 Å². The molecule has 1 saturated heterocycles. The highest BCUT2D eigenvalue weighted by molar-refractivity contribution is 7.09. The fraction of sp³-hybridized carbons (Fsp3) is 0.529. The Morgan fingerprint density at radius 2 is 2.25 bits per heavy atom. The third-order valence-corrected chi connectivity index (χ3v) is 5.28. The zero-order valence-corrected chi connectivity index (χ0v) is 15.1. The molecule has 3 heterocycles. The van der Waals surface area contributed by atoms with Crippen molar-refractivity contribution in [3.63, 3.8) is 0 Å². The highest BCUT2D eigenvalue weighted by Crippen LogP contribution is 2.30. The van der Waals surface area contributed by atoms with Crippen LogP contribution in [0.1, 0.15) is 52.4 Å². The van der Waals surface area contributed by atoms with E-state index in [1.165, 1.54) is 5.01 Å². The van der Waals surface area contributed by atoms with Crippen molar-refractivity contribution in [2.75, 3.05) is 24.6 Å². The first-order valence-electron chi connectivity index (χ1n) is 8.26. The van der Waals surface area contributed by atoms with Crippen LogP contribution in [-0.4, -0.2) is 40.6 Å². The van der Waals surface area contributed by atoms with E-state index in [0.29, 0.717) is 29.7 Å². The number of anilines is 1. The number of aryl methyl sites for hydroxylation is 2. The average molecular weight is 346 g/mol. The van der Waals surface area contributed by atoms with E-state index < -0.39 is 0 Å². The summed E-state index contributed by atoms with van der Waals surface area (Å²) in [5.74, 6) is 0.737. The topological polar surface area (TPSA) is 68.2 Å². The van der Waals surface area contributed by atoms with Crippen molar-refractivity contribution in [1.29, 1.82) is 0 Å². The molecule has 0 saturated carbocycles. The molecule has 3 rings (SSSR count). The lowest BCUT2D eigenvalue weighted by Crippen LogP contribution is -2.35. The Morgan fingerprint density at radius 1 is 1.42 bits per heavy atom. The van der Waals surface area contributed by atoms with E-state index >= 15 is 0 Å².